The molecule has 0 aliphatic heterocycles. The van der Waals surface area contributed by atoms with Gasteiger partial charge in [-0.05, 0) is 23.9 Å². The highest BCUT2D eigenvalue weighted by Gasteiger charge is 2.34. The zero-order chi connectivity index (χ0) is 12.5. The van der Waals surface area contributed by atoms with Crippen molar-refractivity contribution < 1.29 is 18.1 Å². The predicted molar refractivity (Wildman–Crippen MR) is 55.0 cm³/mol. The Hall–Kier alpha value is -0.660. The van der Waals surface area contributed by atoms with Crippen LogP contribution in [0.5, 0.6) is 0 Å². The summed E-state index contributed by atoms with van der Waals surface area (Å²) in [5.41, 5.74) is -5.46. The molecule has 0 heterocycles. The number of nitro groups is 1. The molecular weight excluding hydrogens is 290 g/mol. The van der Waals surface area contributed by atoms with Crippen LogP contribution < -0.4 is 0 Å². The van der Waals surface area contributed by atoms with Crippen LogP contribution in [0.4, 0.5) is 18.9 Å². The molecule has 0 unspecified atom stereocenters. The summed E-state index contributed by atoms with van der Waals surface area (Å²) < 4.78 is 36.2. The van der Waals surface area contributed by atoms with Crippen LogP contribution in [-0.4, -0.2) is 10.4 Å². The zero-order valence-corrected chi connectivity index (χ0v) is 9.54. The summed E-state index contributed by atoms with van der Waals surface area (Å²) in [4.78, 5) is 8.97. The summed E-state index contributed by atoms with van der Waals surface area (Å²) >= 11 is 10.3. The van der Waals surface area contributed by atoms with Gasteiger partial charge in [0.2, 0.25) is 0 Å². The van der Waals surface area contributed by atoms with Crippen molar-refractivity contribution in [3.05, 3.63) is 32.3 Å². The largest absolute Gasteiger partial charge is 0.446 e. The number of halogens is 5. The van der Waals surface area contributed by atoms with E-state index in [0.717, 1.165) is 12.1 Å². The van der Waals surface area contributed by atoms with Crippen LogP contribution in [0.2, 0.25) is 10.0 Å². The first-order chi connectivity index (χ1) is 7.22. The molecular formula is C7H2Cl2F3NO2S. The molecule has 0 aromatic heterocycles. The van der Waals surface area contributed by atoms with Crippen molar-refractivity contribution in [1.82, 2.24) is 0 Å². The molecule has 0 N–H and O–H groups in total. The molecule has 1 aromatic rings. The molecule has 0 bridgehead atoms. The highest BCUT2D eigenvalue weighted by molar-refractivity contribution is 8.00. The second-order valence-corrected chi connectivity index (χ2v) is 4.41. The van der Waals surface area contributed by atoms with E-state index in [-0.39, 0.29) is 5.02 Å². The van der Waals surface area contributed by atoms with E-state index in [9.17, 15) is 23.3 Å². The van der Waals surface area contributed by atoms with Gasteiger partial charge in [0.1, 0.15) is 5.02 Å². The highest BCUT2D eigenvalue weighted by atomic mass is 35.5. The average Bonchev–Trinajstić information content (AvgIpc) is 2.08. The topological polar surface area (TPSA) is 43.1 Å². The Balaban J connectivity index is 3.29. The summed E-state index contributed by atoms with van der Waals surface area (Å²) in [5.74, 6) is 0. The number of hydrogen-bond donors (Lipinski definition) is 0. The van der Waals surface area contributed by atoms with Crippen LogP contribution in [0.1, 0.15) is 0 Å². The number of rotatable bonds is 2. The normalized spacial score (nSPS) is 11.6. The smallest absolute Gasteiger partial charge is 0.258 e. The van der Waals surface area contributed by atoms with Gasteiger partial charge in [-0.1, -0.05) is 23.2 Å². The van der Waals surface area contributed by atoms with Gasteiger partial charge in [0.15, 0.2) is 0 Å². The molecule has 0 radical (unpaired) electrons. The lowest BCUT2D eigenvalue weighted by Gasteiger charge is -2.07. The molecule has 88 valence electrons. The molecule has 0 aliphatic carbocycles. The van der Waals surface area contributed by atoms with Crippen LogP contribution in [-0.2, 0) is 0 Å². The average molecular weight is 292 g/mol. The van der Waals surface area contributed by atoms with Crippen molar-refractivity contribution in [3.63, 3.8) is 0 Å². The summed E-state index contributed by atoms with van der Waals surface area (Å²) in [6, 6.07) is 1.98. The van der Waals surface area contributed by atoms with Gasteiger partial charge >= 0.3 is 11.2 Å². The molecule has 0 saturated heterocycles. The summed E-state index contributed by atoms with van der Waals surface area (Å²) in [6.07, 6.45) is 0. The van der Waals surface area contributed by atoms with E-state index in [1.165, 1.54) is 0 Å². The van der Waals surface area contributed by atoms with Crippen LogP contribution in [0.3, 0.4) is 0 Å². The zero-order valence-electron chi connectivity index (χ0n) is 7.22. The third kappa shape index (κ3) is 3.16. The first kappa shape index (κ1) is 13.4. The Labute approximate surface area is 102 Å². The number of hydrogen-bond acceptors (Lipinski definition) is 3. The Bertz CT molecular complexity index is 438. The van der Waals surface area contributed by atoms with Gasteiger partial charge in [0.25, 0.3) is 0 Å². The van der Waals surface area contributed by atoms with Gasteiger partial charge in [-0.15, -0.1) is 0 Å². The molecule has 0 fully saturated rings. The Morgan fingerprint density at radius 3 is 2.31 bits per heavy atom. The Morgan fingerprint density at radius 1 is 1.31 bits per heavy atom. The van der Waals surface area contributed by atoms with E-state index in [1.807, 2.05) is 0 Å². The van der Waals surface area contributed by atoms with Crippen LogP contribution in [0.15, 0.2) is 17.0 Å². The minimum Gasteiger partial charge on any atom is -0.258 e. The molecule has 9 heteroatoms. The van der Waals surface area contributed by atoms with Gasteiger partial charge < -0.3 is 0 Å². The van der Waals surface area contributed by atoms with E-state index in [2.05, 4.69) is 0 Å². The predicted octanol–water partition coefficient (Wildman–Crippen LogP) is 4.51. The monoisotopic (exact) mass is 291 g/mol. The summed E-state index contributed by atoms with van der Waals surface area (Å²) in [6.45, 7) is 0. The van der Waals surface area contributed by atoms with Gasteiger partial charge in [-0.3, -0.25) is 10.1 Å². The molecule has 0 saturated carbocycles. The van der Waals surface area contributed by atoms with Gasteiger partial charge in [-0.2, -0.15) is 13.2 Å². The quantitative estimate of drug-likeness (QED) is 0.457. The number of benzene rings is 1. The van der Waals surface area contributed by atoms with E-state index in [4.69, 9.17) is 23.2 Å². The molecule has 1 aromatic carbocycles. The highest BCUT2D eigenvalue weighted by Crippen LogP contribution is 2.45. The fraction of sp³-hybridized carbons (Fsp3) is 0.143. The number of thioether (sulfide) groups is 1. The van der Waals surface area contributed by atoms with Crippen molar-refractivity contribution in [2.75, 3.05) is 0 Å². The van der Waals surface area contributed by atoms with Gasteiger partial charge in [0, 0.05) is 0 Å². The molecule has 1 rings (SSSR count). The maximum atomic E-state index is 12.1. The van der Waals surface area contributed by atoms with Gasteiger partial charge in [0.05, 0.1) is 14.8 Å². The lowest BCUT2D eigenvalue weighted by atomic mass is 10.3. The summed E-state index contributed by atoms with van der Waals surface area (Å²) in [7, 11) is 0. The SMILES string of the molecule is O=[N+]([O-])c1c(SC(F)(F)F)ccc(Cl)c1Cl. The minimum absolute atomic E-state index is 0.167. The molecule has 0 spiro atoms. The standard InChI is InChI=1S/C7H2Cl2F3NO2S/c8-3-1-2-4(16-7(10,11)12)6(5(3)9)13(14)15/h1-2H. The van der Waals surface area contributed by atoms with Crippen LogP contribution in [0, 0.1) is 10.1 Å². The third-order valence-corrected chi connectivity index (χ3v) is 3.02. The van der Waals surface area contributed by atoms with E-state index < -0.39 is 37.8 Å². The van der Waals surface area contributed by atoms with Crippen molar-refractivity contribution in [1.29, 1.82) is 0 Å². The molecule has 16 heavy (non-hydrogen) atoms. The molecule has 3 nitrogen and oxygen atoms in total. The summed E-state index contributed by atoms with van der Waals surface area (Å²) in [5, 5.41) is 9.90. The Morgan fingerprint density at radius 2 is 1.88 bits per heavy atom. The van der Waals surface area contributed by atoms with E-state index in [1.54, 1.807) is 0 Å². The van der Waals surface area contributed by atoms with E-state index >= 15 is 0 Å². The first-order valence-electron chi connectivity index (χ1n) is 3.60. The lowest BCUT2D eigenvalue weighted by Crippen LogP contribution is -2.01. The second-order valence-electron chi connectivity index (χ2n) is 2.51. The Kier molecular flexibility index (Phi) is 3.92. The van der Waals surface area contributed by atoms with Crippen LogP contribution in [0.25, 0.3) is 0 Å². The second kappa shape index (κ2) is 4.68. The fourth-order valence-corrected chi connectivity index (χ4v) is 2.00. The molecule has 0 atom stereocenters. The number of alkyl halides is 3. The fourth-order valence-electron chi connectivity index (χ4n) is 0.899. The third-order valence-electron chi connectivity index (χ3n) is 1.44. The van der Waals surface area contributed by atoms with Crippen molar-refractivity contribution in [2.24, 2.45) is 0 Å². The first-order valence-corrected chi connectivity index (χ1v) is 5.18. The van der Waals surface area contributed by atoms with Crippen molar-refractivity contribution in [2.45, 2.75) is 10.4 Å². The molecule has 0 amide bonds. The maximum absolute atomic E-state index is 12.1. The molecule has 0 aliphatic rings. The minimum atomic E-state index is -4.62. The van der Waals surface area contributed by atoms with Gasteiger partial charge in [-0.25, -0.2) is 0 Å². The number of nitro benzene ring substituents is 1. The van der Waals surface area contributed by atoms with Crippen LogP contribution >= 0.6 is 35.0 Å². The van der Waals surface area contributed by atoms with E-state index in [0.29, 0.717) is 0 Å². The lowest BCUT2D eigenvalue weighted by molar-refractivity contribution is -0.387. The number of nitrogens with zero attached hydrogens (tertiary/aromatic N) is 1. The maximum Gasteiger partial charge on any atom is 0.446 e. The van der Waals surface area contributed by atoms with Crippen molar-refractivity contribution >= 4 is 40.7 Å². The van der Waals surface area contributed by atoms with Crippen molar-refractivity contribution in [3.8, 4) is 0 Å².